The molecule has 0 bridgehead atoms. The van der Waals surface area contributed by atoms with Crippen molar-refractivity contribution in [1.82, 2.24) is 20.4 Å². The van der Waals surface area contributed by atoms with Crippen molar-refractivity contribution in [3.8, 4) is 11.3 Å². The van der Waals surface area contributed by atoms with E-state index >= 15 is 0 Å². The summed E-state index contributed by atoms with van der Waals surface area (Å²) in [5.41, 5.74) is 4.53. The number of carbonyl (C=O) groups is 1. The highest BCUT2D eigenvalue weighted by Gasteiger charge is 2.29. The maximum absolute atomic E-state index is 13.1. The number of aryl methyl sites for hydroxylation is 1. The Morgan fingerprint density at radius 2 is 1.69 bits per heavy atom. The lowest BCUT2D eigenvalue weighted by Crippen LogP contribution is -2.49. The molecule has 182 valence electrons. The molecule has 3 aromatic rings. The Balaban J connectivity index is 1.11. The second-order valence-electron chi connectivity index (χ2n) is 9.97. The molecule has 2 fully saturated rings. The molecule has 0 unspecified atom stereocenters. The molecule has 3 heterocycles. The summed E-state index contributed by atoms with van der Waals surface area (Å²) in [7, 11) is 0. The maximum atomic E-state index is 13.1. The molecule has 1 aromatic heterocycles. The topological polar surface area (TPSA) is 61.4 Å². The molecule has 1 N–H and O–H groups in total. The van der Waals surface area contributed by atoms with Crippen LogP contribution in [0, 0.1) is 12.8 Å². The van der Waals surface area contributed by atoms with Gasteiger partial charge in [-0.1, -0.05) is 60.2 Å². The van der Waals surface area contributed by atoms with Crippen molar-refractivity contribution < 1.29 is 4.79 Å². The fourth-order valence-electron chi connectivity index (χ4n) is 5.17. The van der Waals surface area contributed by atoms with Gasteiger partial charge in [0, 0.05) is 44.3 Å². The Labute approximate surface area is 208 Å². The first-order valence-corrected chi connectivity index (χ1v) is 12.9. The molecule has 0 saturated carbocycles. The van der Waals surface area contributed by atoms with E-state index in [1.54, 1.807) is 0 Å². The smallest absolute Gasteiger partial charge is 0.225 e. The molecule has 35 heavy (non-hydrogen) atoms. The van der Waals surface area contributed by atoms with Gasteiger partial charge in [-0.3, -0.25) is 9.69 Å². The van der Waals surface area contributed by atoms with E-state index in [0.717, 1.165) is 68.9 Å². The van der Waals surface area contributed by atoms with Crippen molar-refractivity contribution >= 4 is 11.7 Å². The van der Waals surface area contributed by atoms with Crippen LogP contribution in [0.5, 0.6) is 0 Å². The van der Waals surface area contributed by atoms with Crippen LogP contribution in [-0.2, 0) is 11.3 Å². The highest BCUT2D eigenvalue weighted by atomic mass is 16.2. The summed E-state index contributed by atoms with van der Waals surface area (Å²) < 4.78 is 0. The summed E-state index contributed by atoms with van der Waals surface area (Å²) in [6.07, 6.45) is 3.96. The highest BCUT2D eigenvalue weighted by Crippen LogP contribution is 2.24. The molecule has 2 aromatic carbocycles. The van der Waals surface area contributed by atoms with Gasteiger partial charge in [-0.2, -0.15) is 0 Å². The number of piperidine rings is 2. The minimum atomic E-state index is 0.00433. The molecular formula is C29H35N5O. The second-order valence-corrected chi connectivity index (χ2v) is 9.97. The number of aromatic nitrogens is 2. The summed E-state index contributed by atoms with van der Waals surface area (Å²) in [4.78, 5) is 17.8. The van der Waals surface area contributed by atoms with E-state index in [1.165, 1.54) is 11.1 Å². The highest BCUT2D eigenvalue weighted by molar-refractivity contribution is 5.80. The summed E-state index contributed by atoms with van der Waals surface area (Å²) in [5, 5.41) is 12.3. The third-order valence-corrected chi connectivity index (χ3v) is 7.30. The molecule has 2 aliphatic heterocycles. The normalized spacial score (nSPS) is 19.5. The molecule has 2 saturated heterocycles. The van der Waals surface area contributed by atoms with Crippen molar-refractivity contribution in [1.29, 1.82) is 0 Å². The standard InChI is InChI=1S/C29H35N5O/c1-22-9-11-24(12-10-22)27-13-14-28(32-31-27)34-17-5-8-25(21-34)29(35)30-26-15-18-33(19-16-26)20-23-6-3-2-4-7-23/h2-4,6-7,9-14,25-26H,5,8,15-21H2,1H3,(H,30,35)/t25-/m1/s1. The maximum Gasteiger partial charge on any atom is 0.225 e. The molecule has 1 amide bonds. The summed E-state index contributed by atoms with van der Waals surface area (Å²) in [6, 6.07) is 23.3. The second kappa shape index (κ2) is 11.0. The van der Waals surface area contributed by atoms with Crippen LogP contribution in [-0.4, -0.2) is 53.2 Å². The molecule has 6 nitrogen and oxygen atoms in total. The average Bonchev–Trinajstić information content (AvgIpc) is 2.91. The fraction of sp³-hybridized carbons (Fsp3) is 0.414. The number of nitrogens with one attached hydrogen (secondary N) is 1. The monoisotopic (exact) mass is 469 g/mol. The van der Waals surface area contributed by atoms with E-state index < -0.39 is 0 Å². The van der Waals surface area contributed by atoms with Gasteiger partial charge in [-0.05, 0) is 50.3 Å². The minimum Gasteiger partial charge on any atom is -0.354 e. The van der Waals surface area contributed by atoms with E-state index in [-0.39, 0.29) is 17.9 Å². The van der Waals surface area contributed by atoms with Gasteiger partial charge in [0.1, 0.15) is 0 Å². The number of likely N-dealkylation sites (tertiary alicyclic amines) is 1. The van der Waals surface area contributed by atoms with E-state index in [0.29, 0.717) is 6.54 Å². The SMILES string of the molecule is Cc1ccc(-c2ccc(N3CCC[C@@H](C(=O)NC4CCN(Cc5ccccc5)CC4)C3)nn2)cc1. The van der Waals surface area contributed by atoms with Crippen molar-refractivity contribution in [2.75, 3.05) is 31.1 Å². The fourth-order valence-corrected chi connectivity index (χ4v) is 5.17. The molecule has 2 aliphatic rings. The zero-order chi connectivity index (χ0) is 24.0. The summed E-state index contributed by atoms with van der Waals surface area (Å²) in [6.45, 7) is 6.75. The Morgan fingerprint density at radius 3 is 2.40 bits per heavy atom. The van der Waals surface area contributed by atoms with Crippen LogP contribution in [0.1, 0.15) is 36.8 Å². The van der Waals surface area contributed by atoms with Crippen molar-refractivity contribution in [3.05, 3.63) is 77.9 Å². The van der Waals surface area contributed by atoms with Crippen molar-refractivity contribution in [2.24, 2.45) is 5.92 Å². The van der Waals surface area contributed by atoms with E-state index in [9.17, 15) is 4.79 Å². The van der Waals surface area contributed by atoms with Gasteiger partial charge in [-0.25, -0.2) is 0 Å². The van der Waals surface area contributed by atoms with E-state index in [1.807, 2.05) is 12.1 Å². The predicted octanol–water partition coefficient (Wildman–Crippen LogP) is 4.45. The van der Waals surface area contributed by atoms with E-state index in [4.69, 9.17) is 0 Å². The molecule has 5 rings (SSSR count). The van der Waals surface area contributed by atoms with Crippen molar-refractivity contribution in [2.45, 2.75) is 45.2 Å². The Bertz CT molecular complexity index is 1090. The quantitative estimate of drug-likeness (QED) is 0.578. The van der Waals surface area contributed by atoms with Crippen LogP contribution in [0.2, 0.25) is 0 Å². The number of amides is 1. The third-order valence-electron chi connectivity index (χ3n) is 7.30. The lowest BCUT2D eigenvalue weighted by molar-refractivity contribution is -0.126. The summed E-state index contributed by atoms with van der Waals surface area (Å²) >= 11 is 0. The molecule has 0 aliphatic carbocycles. The van der Waals surface area contributed by atoms with Crippen molar-refractivity contribution in [3.63, 3.8) is 0 Å². The molecular weight excluding hydrogens is 434 g/mol. The molecule has 0 spiro atoms. The van der Waals surface area contributed by atoms with Crippen LogP contribution in [0.25, 0.3) is 11.3 Å². The predicted molar refractivity (Wildman–Crippen MR) is 140 cm³/mol. The first-order chi connectivity index (χ1) is 17.1. The Kier molecular flexibility index (Phi) is 7.38. The van der Waals surface area contributed by atoms with Gasteiger partial charge in [0.2, 0.25) is 5.91 Å². The molecule has 1 atom stereocenters. The lowest BCUT2D eigenvalue weighted by Gasteiger charge is -2.35. The number of rotatable bonds is 6. The molecule has 0 radical (unpaired) electrons. The summed E-state index contributed by atoms with van der Waals surface area (Å²) in [5.74, 6) is 1.05. The van der Waals surface area contributed by atoms with Crippen LogP contribution >= 0.6 is 0 Å². The lowest BCUT2D eigenvalue weighted by atomic mass is 9.95. The van der Waals surface area contributed by atoms with Gasteiger partial charge < -0.3 is 10.2 Å². The number of nitrogens with zero attached hydrogens (tertiary/aromatic N) is 4. The zero-order valence-corrected chi connectivity index (χ0v) is 20.6. The largest absolute Gasteiger partial charge is 0.354 e. The van der Waals surface area contributed by atoms with Crippen LogP contribution < -0.4 is 10.2 Å². The number of carbonyl (C=O) groups excluding carboxylic acids is 1. The first kappa shape index (κ1) is 23.5. The Hall–Kier alpha value is -3.25. The van der Waals surface area contributed by atoms with E-state index in [2.05, 4.69) is 86.8 Å². The number of anilines is 1. The van der Waals surface area contributed by atoms with Gasteiger partial charge >= 0.3 is 0 Å². The number of hydrogen-bond acceptors (Lipinski definition) is 5. The minimum absolute atomic E-state index is 0.00433. The van der Waals surface area contributed by atoms with Gasteiger partial charge in [0.25, 0.3) is 0 Å². The number of benzene rings is 2. The number of hydrogen-bond donors (Lipinski definition) is 1. The first-order valence-electron chi connectivity index (χ1n) is 12.9. The zero-order valence-electron chi connectivity index (χ0n) is 20.6. The van der Waals surface area contributed by atoms with Gasteiger partial charge in [0.05, 0.1) is 11.6 Å². The van der Waals surface area contributed by atoms with Gasteiger partial charge in [0.15, 0.2) is 5.82 Å². The average molecular weight is 470 g/mol. The third kappa shape index (κ3) is 6.06. The van der Waals surface area contributed by atoms with Crippen LogP contribution in [0.3, 0.4) is 0 Å². The van der Waals surface area contributed by atoms with Gasteiger partial charge in [-0.15, -0.1) is 10.2 Å². The molecule has 6 heteroatoms. The van der Waals surface area contributed by atoms with Crippen LogP contribution in [0.4, 0.5) is 5.82 Å². The van der Waals surface area contributed by atoms with Crippen LogP contribution in [0.15, 0.2) is 66.7 Å². The Morgan fingerprint density at radius 1 is 0.914 bits per heavy atom.